The maximum absolute atomic E-state index is 12.3. The lowest BCUT2D eigenvalue weighted by molar-refractivity contribution is -0.116. The number of benzene rings is 1. The Morgan fingerprint density at radius 3 is 2.67 bits per heavy atom. The van der Waals surface area contributed by atoms with Crippen molar-refractivity contribution in [1.82, 2.24) is 4.31 Å². The van der Waals surface area contributed by atoms with Crippen LogP contribution in [-0.4, -0.2) is 45.1 Å². The third kappa shape index (κ3) is 6.99. The monoisotopic (exact) mass is 394 g/mol. The number of aryl methyl sites for hydroxylation is 1. The van der Waals surface area contributed by atoms with Crippen molar-refractivity contribution in [2.45, 2.75) is 45.4 Å². The minimum atomic E-state index is -3.35. The molecule has 1 aliphatic rings. The summed E-state index contributed by atoms with van der Waals surface area (Å²) < 4.78 is 30.8. The SMILES string of the molecule is COc1ccc(C)cc1NC(=O)CCN(CCC1=CCCCC1)S(C)(=O)=O. The van der Waals surface area contributed by atoms with E-state index < -0.39 is 10.0 Å². The lowest BCUT2D eigenvalue weighted by Crippen LogP contribution is -2.34. The smallest absolute Gasteiger partial charge is 0.225 e. The standard InChI is InChI=1S/C20H30N2O4S/c1-16-9-10-19(26-2)18(15-16)21-20(23)12-14-22(27(3,24)25)13-11-17-7-5-4-6-8-17/h7,9-10,15H,4-6,8,11-14H2,1-3H3,(H,21,23). The Kier molecular flexibility index (Phi) is 7.86. The highest BCUT2D eigenvalue weighted by atomic mass is 32.2. The van der Waals surface area contributed by atoms with Crippen molar-refractivity contribution < 1.29 is 17.9 Å². The molecule has 0 saturated carbocycles. The van der Waals surface area contributed by atoms with Crippen molar-refractivity contribution in [2.24, 2.45) is 0 Å². The predicted octanol–water partition coefficient (Wildman–Crippen LogP) is 3.48. The van der Waals surface area contributed by atoms with Gasteiger partial charge in [0.25, 0.3) is 0 Å². The fourth-order valence-electron chi connectivity index (χ4n) is 3.20. The second-order valence-electron chi connectivity index (χ2n) is 7.02. The topological polar surface area (TPSA) is 75.7 Å². The van der Waals surface area contributed by atoms with E-state index in [0.717, 1.165) is 24.8 Å². The summed E-state index contributed by atoms with van der Waals surface area (Å²) in [5.41, 5.74) is 2.93. The molecule has 0 bridgehead atoms. The molecule has 0 aliphatic heterocycles. The Morgan fingerprint density at radius 1 is 1.26 bits per heavy atom. The van der Waals surface area contributed by atoms with Gasteiger partial charge in [-0.25, -0.2) is 12.7 Å². The predicted molar refractivity (Wildman–Crippen MR) is 109 cm³/mol. The summed E-state index contributed by atoms with van der Waals surface area (Å²) >= 11 is 0. The molecule has 0 atom stereocenters. The molecule has 2 rings (SSSR count). The van der Waals surface area contributed by atoms with E-state index in [-0.39, 0.29) is 18.9 Å². The van der Waals surface area contributed by atoms with Gasteiger partial charge in [0.1, 0.15) is 5.75 Å². The van der Waals surface area contributed by atoms with Crippen molar-refractivity contribution in [3.8, 4) is 5.75 Å². The van der Waals surface area contributed by atoms with Crippen LogP contribution in [0, 0.1) is 6.92 Å². The molecule has 0 fully saturated rings. The number of hydrogen-bond acceptors (Lipinski definition) is 4. The normalized spacial score (nSPS) is 14.7. The van der Waals surface area contributed by atoms with Gasteiger partial charge in [0.2, 0.25) is 15.9 Å². The first-order valence-corrected chi connectivity index (χ1v) is 11.2. The number of sulfonamides is 1. The number of nitrogens with zero attached hydrogens (tertiary/aromatic N) is 1. The highest BCUT2D eigenvalue weighted by Gasteiger charge is 2.19. The Morgan fingerprint density at radius 2 is 2.04 bits per heavy atom. The minimum Gasteiger partial charge on any atom is -0.495 e. The number of anilines is 1. The number of carbonyl (C=O) groups is 1. The molecule has 1 aliphatic carbocycles. The van der Waals surface area contributed by atoms with Gasteiger partial charge in [-0.1, -0.05) is 17.7 Å². The van der Waals surface area contributed by atoms with Crippen LogP contribution in [0.3, 0.4) is 0 Å². The number of carbonyl (C=O) groups excluding carboxylic acids is 1. The van der Waals surface area contributed by atoms with Gasteiger partial charge < -0.3 is 10.1 Å². The van der Waals surface area contributed by atoms with Crippen molar-refractivity contribution in [3.05, 3.63) is 35.4 Å². The van der Waals surface area contributed by atoms with Crippen molar-refractivity contribution in [2.75, 3.05) is 31.8 Å². The number of rotatable bonds is 9. The van der Waals surface area contributed by atoms with Gasteiger partial charge in [-0.3, -0.25) is 4.79 Å². The largest absolute Gasteiger partial charge is 0.495 e. The van der Waals surface area contributed by atoms with Crippen LogP contribution in [0.5, 0.6) is 5.75 Å². The third-order valence-corrected chi connectivity index (χ3v) is 6.06. The summed E-state index contributed by atoms with van der Waals surface area (Å²) in [6.45, 7) is 2.53. The van der Waals surface area contributed by atoms with Gasteiger partial charge in [-0.05, 0) is 56.7 Å². The summed E-state index contributed by atoms with van der Waals surface area (Å²) in [6.07, 6.45) is 8.77. The Labute approximate surface area is 162 Å². The van der Waals surface area contributed by atoms with Crippen LogP contribution in [-0.2, 0) is 14.8 Å². The van der Waals surface area contributed by atoms with Gasteiger partial charge in [0.05, 0.1) is 19.1 Å². The van der Waals surface area contributed by atoms with Gasteiger partial charge in [0.15, 0.2) is 0 Å². The van der Waals surface area contributed by atoms with E-state index in [1.54, 1.807) is 13.2 Å². The molecule has 6 nitrogen and oxygen atoms in total. The van der Waals surface area contributed by atoms with Crippen LogP contribution >= 0.6 is 0 Å². The third-order valence-electron chi connectivity index (χ3n) is 4.75. The van der Waals surface area contributed by atoms with E-state index in [1.165, 1.54) is 29.0 Å². The molecule has 1 amide bonds. The van der Waals surface area contributed by atoms with Crippen LogP contribution in [0.25, 0.3) is 0 Å². The van der Waals surface area contributed by atoms with Crippen LogP contribution in [0.4, 0.5) is 5.69 Å². The molecule has 0 spiro atoms. The van der Waals surface area contributed by atoms with Crippen LogP contribution < -0.4 is 10.1 Å². The van der Waals surface area contributed by atoms with E-state index >= 15 is 0 Å². The number of ether oxygens (including phenoxy) is 1. The second-order valence-corrected chi connectivity index (χ2v) is 9.00. The molecule has 1 aromatic rings. The molecule has 0 unspecified atom stereocenters. The fraction of sp³-hybridized carbons (Fsp3) is 0.550. The Hall–Kier alpha value is -1.86. The summed E-state index contributed by atoms with van der Waals surface area (Å²) in [7, 11) is -1.81. The van der Waals surface area contributed by atoms with Gasteiger partial charge >= 0.3 is 0 Å². The maximum Gasteiger partial charge on any atom is 0.225 e. The first kappa shape index (κ1) is 21.4. The molecule has 0 aromatic heterocycles. The van der Waals surface area contributed by atoms with Crippen molar-refractivity contribution >= 4 is 21.6 Å². The number of hydrogen-bond donors (Lipinski definition) is 1. The van der Waals surface area contributed by atoms with E-state index in [0.29, 0.717) is 18.0 Å². The molecule has 27 heavy (non-hydrogen) atoms. The van der Waals surface area contributed by atoms with Gasteiger partial charge in [-0.2, -0.15) is 0 Å². The summed E-state index contributed by atoms with van der Waals surface area (Å²) in [5.74, 6) is 0.350. The Balaban J connectivity index is 1.93. The highest BCUT2D eigenvalue weighted by molar-refractivity contribution is 7.88. The second kappa shape index (κ2) is 9.90. The lowest BCUT2D eigenvalue weighted by atomic mass is 9.97. The van der Waals surface area contributed by atoms with Crippen molar-refractivity contribution in [3.63, 3.8) is 0 Å². The minimum absolute atomic E-state index is 0.100. The van der Waals surface area contributed by atoms with Crippen LogP contribution in [0.1, 0.15) is 44.1 Å². The zero-order valence-corrected chi connectivity index (χ0v) is 17.3. The average Bonchev–Trinajstić information content (AvgIpc) is 2.61. The van der Waals surface area contributed by atoms with Gasteiger partial charge in [0, 0.05) is 19.5 Å². The first-order chi connectivity index (χ1) is 12.8. The molecule has 7 heteroatoms. The summed E-state index contributed by atoms with van der Waals surface area (Å²) in [6, 6.07) is 5.53. The molecule has 0 heterocycles. The molecule has 150 valence electrons. The molecule has 1 aromatic carbocycles. The molecule has 0 saturated heterocycles. The van der Waals surface area contributed by atoms with E-state index in [9.17, 15) is 13.2 Å². The molecular formula is C20H30N2O4S. The van der Waals surface area contributed by atoms with Crippen molar-refractivity contribution in [1.29, 1.82) is 0 Å². The van der Waals surface area contributed by atoms with Crippen LogP contribution in [0.15, 0.2) is 29.8 Å². The first-order valence-electron chi connectivity index (χ1n) is 9.37. The number of nitrogens with one attached hydrogen (secondary N) is 1. The summed E-state index contributed by atoms with van der Waals surface area (Å²) in [5, 5.41) is 2.82. The Bertz CT molecular complexity index is 787. The summed E-state index contributed by atoms with van der Waals surface area (Å²) in [4.78, 5) is 12.3. The molecular weight excluding hydrogens is 364 g/mol. The van der Waals surface area contributed by atoms with E-state index in [2.05, 4.69) is 11.4 Å². The lowest BCUT2D eigenvalue weighted by Gasteiger charge is -2.21. The molecule has 0 radical (unpaired) electrons. The fourth-order valence-corrected chi connectivity index (χ4v) is 4.05. The average molecular weight is 395 g/mol. The highest BCUT2D eigenvalue weighted by Crippen LogP contribution is 2.25. The molecule has 1 N–H and O–H groups in total. The number of amides is 1. The number of allylic oxidation sites excluding steroid dienone is 1. The quantitative estimate of drug-likeness (QED) is 0.651. The van der Waals surface area contributed by atoms with E-state index in [4.69, 9.17) is 4.74 Å². The maximum atomic E-state index is 12.3. The van der Waals surface area contributed by atoms with Crippen LogP contribution in [0.2, 0.25) is 0 Å². The number of methoxy groups -OCH3 is 1. The van der Waals surface area contributed by atoms with E-state index in [1.807, 2.05) is 19.1 Å². The zero-order valence-electron chi connectivity index (χ0n) is 16.5. The zero-order chi connectivity index (χ0) is 19.9. The van der Waals surface area contributed by atoms with Gasteiger partial charge in [-0.15, -0.1) is 0 Å².